The van der Waals surface area contributed by atoms with Crippen LogP contribution in [0.3, 0.4) is 0 Å². The highest BCUT2D eigenvalue weighted by Gasteiger charge is 2.24. The number of esters is 1. The number of para-hydroxylation sites is 1. The SMILES string of the molecule is CC(=O)NCc1ccc(C(=O)C(C)OC(=O)c2cc(-c3cccs3)nc3ccccc23)s1. The van der Waals surface area contributed by atoms with Gasteiger partial charge in [0, 0.05) is 17.2 Å². The van der Waals surface area contributed by atoms with Gasteiger partial charge in [-0.15, -0.1) is 22.7 Å². The van der Waals surface area contributed by atoms with Crippen LogP contribution in [0.2, 0.25) is 0 Å². The zero-order valence-electron chi connectivity index (χ0n) is 17.5. The molecule has 162 valence electrons. The molecule has 0 bridgehead atoms. The molecule has 1 aromatic carbocycles. The van der Waals surface area contributed by atoms with Gasteiger partial charge in [0.05, 0.1) is 33.1 Å². The maximum atomic E-state index is 13.1. The first-order valence-electron chi connectivity index (χ1n) is 9.94. The monoisotopic (exact) mass is 464 g/mol. The van der Waals surface area contributed by atoms with E-state index in [1.165, 1.54) is 29.6 Å². The second-order valence-corrected chi connectivity index (χ2v) is 9.25. The summed E-state index contributed by atoms with van der Waals surface area (Å²) in [6, 6.07) is 16.4. The first kappa shape index (κ1) is 21.9. The summed E-state index contributed by atoms with van der Waals surface area (Å²) in [6.45, 7) is 3.36. The average Bonchev–Trinajstić information content (AvgIpc) is 3.48. The molecule has 3 aromatic heterocycles. The number of Topliss-reactive ketones (excluding diaryl/α,β-unsaturated/α-hetero) is 1. The number of aromatic nitrogens is 1. The number of carbonyl (C=O) groups excluding carboxylic acids is 3. The fourth-order valence-electron chi connectivity index (χ4n) is 3.19. The molecule has 0 aliphatic heterocycles. The number of carbonyl (C=O) groups is 3. The number of thiophene rings is 2. The van der Waals surface area contributed by atoms with Gasteiger partial charge in [0.15, 0.2) is 6.10 Å². The van der Waals surface area contributed by atoms with E-state index in [0.717, 1.165) is 9.75 Å². The Morgan fingerprint density at radius 2 is 1.91 bits per heavy atom. The van der Waals surface area contributed by atoms with Crippen molar-refractivity contribution in [1.82, 2.24) is 10.3 Å². The van der Waals surface area contributed by atoms with Crippen molar-refractivity contribution < 1.29 is 19.1 Å². The molecule has 0 aliphatic rings. The smallest absolute Gasteiger partial charge is 0.339 e. The lowest BCUT2D eigenvalue weighted by Gasteiger charge is -2.13. The molecule has 1 amide bonds. The number of ether oxygens (including phenoxy) is 1. The first-order chi connectivity index (χ1) is 15.4. The summed E-state index contributed by atoms with van der Waals surface area (Å²) in [5.74, 6) is -0.994. The van der Waals surface area contributed by atoms with E-state index >= 15 is 0 Å². The van der Waals surface area contributed by atoms with Crippen molar-refractivity contribution in [3.05, 3.63) is 75.3 Å². The van der Waals surface area contributed by atoms with Gasteiger partial charge in [-0.3, -0.25) is 9.59 Å². The third-order valence-electron chi connectivity index (χ3n) is 4.78. The number of pyridine rings is 1. The van der Waals surface area contributed by atoms with Crippen molar-refractivity contribution in [2.75, 3.05) is 0 Å². The summed E-state index contributed by atoms with van der Waals surface area (Å²) in [5, 5.41) is 5.32. The Morgan fingerprint density at radius 3 is 2.66 bits per heavy atom. The largest absolute Gasteiger partial charge is 0.451 e. The fourth-order valence-corrected chi connectivity index (χ4v) is 4.84. The molecule has 1 N–H and O–H groups in total. The molecule has 0 spiro atoms. The third-order valence-corrected chi connectivity index (χ3v) is 6.77. The zero-order chi connectivity index (χ0) is 22.7. The van der Waals surface area contributed by atoms with E-state index in [1.54, 1.807) is 25.1 Å². The number of ketones is 1. The quantitative estimate of drug-likeness (QED) is 0.304. The van der Waals surface area contributed by atoms with Crippen LogP contribution in [0.5, 0.6) is 0 Å². The summed E-state index contributed by atoms with van der Waals surface area (Å²) in [5.41, 5.74) is 1.74. The predicted molar refractivity (Wildman–Crippen MR) is 126 cm³/mol. The highest BCUT2D eigenvalue weighted by Crippen LogP contribution is 2.28. The zero-order valence-corrected chi connectivity index (χ0v) is 19.1. The van der Waals surface area contributed by atoms with Gasteiger partial charge in [-0.1, -0.05) is 24.3 Å². The molecule has 32 heavy (non-hydrogen) atoms. The average molecular weight is 465 g/mol. The van der Waals surface area contributed by atoms with E-state index in [-0.39, 0.29) is 11.7 Å². The molecule has 4 aromatic rings. The van der Waals surface area contributed by atoms with Gasteiger partial charge in [0.25, 0.3) is 0 Å². The van der Waals surface area contributed by atoms with Gasteiger partial charge in [0.1, 0.15) is 0 Å². The molecular weight excluding hydrogens is 444 g/mol. The Balaban J connectivity index is 1.56. The lowest BCUT2D eigenvalue weighted by molar-refractivity contribution is -0.119. The topological polar surface area (TPSA) is 85.4 Å². The van der Waals surface area contributed by atoms with Crippen molar-refractivity contribution in [1.29, 1.82) is 0 Å². The second kappa shape index (κ2) is 9.42. The number of nitrogens with zero attached hydrogens (tertiary/aromatic N) is 1. The summed E-state index contributed by atoms with van der Waals surface area (Å²) < 4.78 is 5.56. The van der Waals surface area contributed by atoms with Crippen LogP contribution in [0.25, 0.3) is 21.5 Å². The Morgan fingerprint density at radius 1 is 1.09 bits per heavy atom. The number of benzene rings is 1. The van der Waals surface area contributed by atoms with Gasteiger partial charge >= 0.3 is 5.97 Å². The van der Waals surface area contributed by atoms with Gasteiger partial charge in [0.2, 0.25) is 11.7 Å². The summed E-state index contributed by atoms with van der Waals surface area (Å²) in [6.07, 6.45) is -0.952. The molecular formula is C24H20N2O4S2. The van der Waals surface area contributed by atoms with E-state index in [2.05, 4.69) is 10.3 Å². The van der Waals surface area contributed by atoms with Crippen molar-refractivity contribution in [3.8, 4) is 10.6 Å². The number of rotatable bonds is 7. The van der Waals surface area contributed by atoms with Crippen molar-refractivity contribution in [2.24, 2.45) is 0 Å². The minimum Gasteiger partial charge on any atom is -0.451 e. The van der Waals surface area contributed by atoms with Crippen LogP contribution in [0.15, 0.2) is 60.0 Å². The molecule has 0 aliphatic carbocycles. The number of hydrogen-bond donors (Lipinski definition) is 1. The Bertz CT molecular complexity index is 1290. The van der Waals surface area contributed by atoms with Gasteiger partial charge in [-0.05, 0) is 42.6 Å². The van der Waals surface area contributed by atoms with Crippen LogP contribution in [0, 0.1) is 0 Å². The highest BCUT2D eigenvalue weighted by molar-refractivity contribution is 7.14. The van der Waals surface area contributed by atoms with Crippen LogP contribution in [0.1, 0.15) is 38.8 Å². The van der Waals surface area contributed by atoms with Crippen molar-refractivity contribution in [2.45, 2.75) is 26.5 Å². The molecule has 0 radical (unpaired) electrons. The standard InChI is InChI=1S/C24H20N2O4S2/c1-14(23(28)22-10-9-16(32-22)13-25-15(2)27)30-24(29)18-12-20(21-8-5-11-31-21)26-19-7-4-3-6-17(18)19/h3-12,14H,13H2,1-2H3,(H,25,27). The van der Waals surface area contributed by atoms with Crippen molar-refractivity contribution >= 4 is 51.2 Å². The summed E-state index contributed by atoms with van der Waals surface area (Å²) in [4.78, 5) is 43.9. The molecule has 0 saturated heterocycles. The highest BCUT2D eigenvalue weighted by atomic mass is 32.1. The Hall–Kier alpha value is -3.36. The maximum absolute atomic E-state index is 13.1. The molecule has 3 heterocycles. The molecule has 4 rings (SSSR count). The van der Waals surface area contributed by atoms with E-state index in [1.807, 2.05) is 41.8 Å². The summed E-state index contributed by atoms with van der Waals surface area (Å²) in [7, 11) is 0. The van der Waals surface area contributed by atoms with Gasteiger partial charge in [-0.25, -0.2) is 9.78 Å². The normalized spacial score (nSPS) is 11.8. The molecule has 0 fully saturated rings. The van der Waals surface area contributed by atoms with Gasteiger partial charge in [-0.2, -0.15) is 0 Å². The lowest BCUT2D eigenvalue weighted by atomic mass is 10.1. The van der Waals surface area contributed by atoms with Crippen LogP contribution in [0.4, 0.5) is 0 Å². The second-order valence-electron chi connectivity index (χ2n) is 7.14. The fraction of sp³-hybridized carbons (Fsp3) is 0.167. The molecule has 0 saturated carbocycles. The van der Waals surface area contributed by atoms with E-state index in [0.29, 0.717) is 33.6 Å². The molecule has 1 atom stereocenters. The lowest BCUT2D eigenvalue weighted by Crippen LogP contribution is -2.24. The maximum Gasteiger partial charge on any atom is 0.339 e. The van der Waals surface area contributed by atoms with Crippen LogP contribution in [-0.2, 0) is 16.1 Å². The third kappa shape index (κ3) is 4.76. The number of nitrogens with one attached hydrogen (secondary N) is 1. The Kier molecular flexibility index (Phi) is 6.43. The summed E-state index contributed by atoms with van der Waals surface area (Å²) >= 11 is 2.81. The molecule has 6 nitrogen and oxygen atoms in total. The van der Waals surface area contributed by atoms with Crippen LogP contribution >= 0.6 is 22.7 Å². The number of amides is 1. The van der Waals surface area contributed by atoms with Crippen LogP contribution in [-0.4, -0.2) is 28.7 Å². The minimum absolute atomic E-state index is 0.139. The van der Waals surface area contributed by atoms with Gasteiger partial charge < -0.3 is 10.1 Å². The van der Waals surface area contributed by atoms with E-state index < -0.39 is 12.1 Å². The number of hydrogen-bond acceptors (Lipinski definition) is 7. The molecule has 1 unspecified atom stereocenters. The number of fused-ring (bicyclic) bond motifs is 1. The molecule has 8 heteroatoms. The minimum atomic E-state index is -0.952. The Labute approximate surface area is 192 Å². The van der Waals surface area contributed by atoms with Crippen LogP contribution < -0.4 is 5.32 Å². The predicted octanol–water partition coefficient (Wildman–Crippen LogP) is 5.09. The first-order valence-corrected chi connectivity index (χ1v) is 11.6. The van der Waals surface area contributed by atoms with Crippen molar-refractivity contribution in [3.63, 3.8) is 0 Å². The van der Waals surface area contributed by atoms with E-state index in [9.17, 15) is 14.4 Å². The van der Waals surface area contributed by atoms with E-state index in [4.69, 9.17) is 4.74 Å².